The van der Waals surface area contributed by atoms with E-state index in [0.717, 1.165) is 18.2 Å². The summed E-state index contributed by atoms with van der Waals surface area (Å²) in [6.07, 6.45) is 2.28. The Morgan fingerprint density at radius 3 is 2.50 bits per heavy atom. The highest BCUT2D eigenvalue weighted by molar-refractivity contribution is 6.33. The zero-order valence-electron chi connectivity index (χ0n) is 13.7. The lowest BCUT2D eigenvalue weighted by atomic mass is 9.88. The van der Waals surface area contributed by atoms with Crippen molar-refractivity contribution >= 4 is 29.1 Å². The number of carbonyl (C=O) groups excluding carboxylic acids is 2. The van der Waals surface area contributed by atoms with Gasteiger partial charge in [0.25, 0.3) is 0 Å². The number of benzene rings is 1. The van der Waals surface area contributed by atoms with Gasteiger partial charge in [0.15, 0.2) is 5.78 Å². The molecule has 5 nitrogen and oxygen atoms in total. The SMILES string of the molecule is NC(=O)c1cnc(N2CCC(C(=O)c3cc(F)ccc3F)CC2)c(Cl)c1. The fraction of sp³-hybridized carbons (Fsp3) is 0.278. The van der Waals surface area contributed by atoms with Crippen molar-refractivity contribution in [1.29, 1.82) is 0 Å². The third-order valence-corrected chi connectivity index (χ3v) is 4.74. The molecule has 2 N–H and O–H groups in total. The van der Waals surface area contributed by atoms with E-state index in [9.17, 15) is 18.4 Å². The van der Waals surface area contributed by atoms with E-state index in [0.29, 0.717) is 36.8 Å². The largest absolute Gasteiger partial charge is 0.366 e. The molecule has 1 saturated heterocycles. The molecule has 8 heteroatoms. The van der Waals surface area contributed by atoms with E-state index in [1.165, 1.54) is 12.3 Å². The molecule has 1 amide bonds. The molecular weight excluding hydrogens is 364 g/mol. The van der Waals surface area contributed by atoms with Gasteiger partial charge in [-0.05, 0) is 37.1 Å². The van der Waals surface area contributed by atoms with Crippen molar-refractivity contribution in [2.45, 2.75) is 12.8 Å². The maximum absolute atomic E-state index is 13.8. The van der Waals surface area contributed by atoms with Gasteiger partial charge in [0.2, 0.25) is 5.91 Å². The number of rotatable bonds is 4. The van der Waals surface area contributed by atoms with Gasteiger partial charge in [-0.25, -0.2) is 13.8 Å². The van der Waals surface area contributed by atoms with Crippen molar-refractivity contribution in [2.75, 3.05) is 18.0 Å². The number of anilines is 1. The number of carbonyl (C=O) groups is 2. The van der Waals surface area contributed by atoms with Crippen LogP contribution in [0.1, 0.15) is 33.6 Å². The van der Waals surface area contributed by atoms with Crippen molar-refractivity contribution in [3.05, 3.63) is 58.2 Å². The van der Waals surface area contributed by atoms with Crippen LogP contribution in [0.5, 0.6) is 0 Å². The van der Waals surface area contributed by atoms with Gasteiger partial charge in [0.05, 0.1) is 16.1 Å². The number of hydrogen-bond acceptors (Lipinski definition) is 4. The fourth-order valence-corrected chi connectivity index (χ4v) is 3.34. The van der Waals surface area contributed by atoms with Crippen LogP contribution in [0.4, 0.5) is 14.6 Å². The number of halogens is 3. The van der Waals surface area contributed by atoms with Crippen molar-refractivity contribution in [2.24, 2.45) is 11.7 Å². The highest BCUT2D eigenvalue weighted by Gasteiger charge is 2.29. The average molecular weight is 380 g/mol. The molecule has 2 heterocycles. The minimum absolute atomic E-state index is 0.213. The standard InChI is InChI=1S/C18H16ClF2N3O2/c19-14-7-11(17(22)26)9-23-18(14)24-5-3-10(4-6-24)16(25)13-8-12(20)1-2-15(13)21/h1-2,7-10H,3-6H2,(H2,22,26). The van der Waals surface area contributed by atoms with Gasteiger partial charge in [0.1, 0.15) is 17.5 Å². The summed E-state index contributed by atoms with van der Waals surface area (Å²) in [5.74, 6) is -2.27. The number of ketones is 1. The van der Waals surface area contributed by atoms with Crippen LogP contribution in [0.25, 0.3) is 0 Å². The van der Waals surface area contributed by atoms with Gasteiger partial charge in [-0.2, -0.15) is 0 Å². The predicted molar refractivity (Wildman–Crippen MR) is 93.4 cm³/mol. The Morgan fingerprint density at radius 2 is 1.88 bits per heavy atom. The Labute approximate surface area is 153 Å². The van der Waals surface area contributed by atoms with Crippen molar-refractivity contribution in [1.82, 2.24) is 4.98 Å². The quantitative estimate of drug-likeness (QED) is 0.827. The van der Waals surface area contributed by atoms with E-state index in [-0.39, 0.29) is 11.1 Å². The molecule has 0 saturated carbocycles. The summed E-state index contributed by atoms with van der Waals surface area (Å²) < 4.78 is 27.1. The maximum atomic E-state index is 13.8. The second kappa shape index (κ2) is 7.37. The van der Waals surface area contributed by atoms with Gasteiger partial charge < -0.3 is 10.6 Å². The van der Waals surface area contributed by atoms with Crippen molar-refractivity contribution in [3.8, 4) is 0 Å². The number of nitrogens with zero attached hydrogens (tertiary/aromatic N) is 2. The lowest BCUT2D eigenvalue weighted by Gasteiger charge is -2.32. The molecule has 26 heavy (non-hydrogen) atoms. The molecule has 0 aliphatic carbocycles. The molecule has 2 aromatic rings. The number of pyridine rings is 1. The summed E-state index contributed by atoms with van der Waals surface area (Å²) in [7, 11) is 0. The summed E-state index contributed by atoms with van der Waals surface area (Å²) in [5.41, 5.74) is 5.19. The molecule has 0 unspecified atom stereocenters. The first-order chi connectivity index (χ1) is 12.4. The highest BCUT2D eigenvalue weighted by Crippen LogP contribution is 2.30. The van der Waals surface area contributed by atoms with Crippen LogP contribution in [0.3, 0.4) is 0 Å². The number of hydrogen-bond donors (Lipinski definition) is 1. The first-order valence-corrected chi connectivity index (χ1v) is 8.44. The number of aromatic nitrogens is 1. The number of Topliss-reactive ketones (excluding diaryl/α,β-unsaturated/α-hetero) is 1. The first kappa shape index (κ1) is 18.3. The Kier molecular flexibility index (Phi) is 5.18. The summed E-state index contributed by atoms with van der Waals surface area (Å²) in [6, 6.07) is 4.33. The van der Waals surface area contributed by atoms with Crippen LogP contribution < -0.4 is 10.6 Å². The summed E-state index contributed by atoms with van der Waals surface area (Å²) in [5, 5.41) is 0.294. The molecule has 1 aliphatic rings. The average Bonchev–Trinajstić information content (AvgIpc) is 2.63. The third-order valence-electron chi connectivity index (χ3n) is 4.47. The maximum Gasteiger partial charge on any atom is 0.250 e. The second-order valence-electron chi connectivity index (χ2n) is 6.14. The number of piperidine rings is 1. The molecule has 1 fully saturated rings. The van der Waals surface area contributed by atoms with Crippen LogP contribution in [-0.4, -0.2) is 29.8 Å². The van der Waals surface area contributed by atoms with Crippen LogP contribution in [0, 0.1) is 17.6 Å². The minimum atomic E-state index is -0.717. The predicted octanol–water partition coefficient (Wildman–Crippen LogP) is 3.21. The van der Waals surface area contributed by atoms with Crippen LogP contribution in [0.2, 0.25) is 5.02 Å². The van der Waals surface area contributed by atoms with E-state index in [2.05, 4.69) is 4.98 Å². The topological polar surface area (TPSA) is 76.3 Å². The molecule has 1 aromatic carbocycles. The van der Waals surface area contributed by atoms with Gasteiger partial charge >= 0.3 is 0 Å². The lowest BCUT2D eigenvalue weighted by molar-refractivity contribution is 0.0895. The van der Waals surface area contributed by atoms with Gasteiger partial charge in [-0.3, -0.25) is 9.59 Å². The molecule has 0 atom stereocenters. The molecule has 1 aromatic heterocycles. The van der Waals surface area contributed by atoms with E-state index in [1.54, 1.807) is 0 Å². The number of amides is 1. The number of primary amides is 1. The van der Waals surface area contributed by atoms with E-state index in [1.807, 2.05) is 4.90 Å². The Bertz CT molecular complexity index is 868. The first-order valence-electron chi connectivity index (χ1n) is 8.06. The zero-order chi connectivity index (χ0) is 18.8. The minimum Gasteiger partial charge on any atom is -0.366 e. The number of nitrogens with two attached hydrogens (primary N) is 1. The van der Waals surface area contributed by atoms with E-state index in [4.69, 9.17) is 17.3 Å². The van der Waals surface area contributed by atoms with Crippen molar-refractivity contribution in [3.63, 3.8) is 0 Å². The Morgan fingerprint density at radius 1 is 1.19 bits per heavy atom. The van der Waals surface area contributed by atoms with Crippen LogP contribution in [-0.2, 0) is 0 Å². The van der Waals surface area contributed by atoms with Gasteiger partial charge in [-0.1, -0.05) is 11.6 Å². The lowest BCUT2D eigenvalue weighted by Crippen LogP contribution is -2.37. The fourth-order valence-electron chi connectivity index (χ4n) is 3.06. The molecular formula is C18H16ClF2N3O2. The molecule has 3 rings (SSSR count). The molecule has 0 bridgehead atoms. The summed E-state index contributed by atoms with van der Waals surface area (Å²) in [4.78, 5) is 29.7. The summed E-state index contributed by atoms with van der Waals surface area (Å²) in [6.45, 7) is 0.964. The summed E-state index contributed by atoms with van der Waals surface area (Å²) >= 11 is 6.17. The van der Waals surface area contributed by atoms with Crippen LogP contribution in [0.15, 0.2) is 30.5 Å². The Hall–Kier alpha value is -2.54. The van der Waals surface area contributed by atoms with E-state index < -0.39 is 29.2 Å². The van der Waals surface area contributed by atoms with Gasteiger partial charge in [-0.15, -0.1) is 0 Å². The van der Waals surface area contributed by atoms with Gasteiger partial charge in [0, 0.05) is 25.2 Å². The molecule has 0 radical (unpaired) electrons. The van der Waals surface area contributed by atoms with Crippen molar-refractivity contribution < 1.29 is 18.4 Å². The third kappa shape index (κ3) is 3.67. The smallest absolute Gasteiger partial charge is 0.250 e. The Balaban J connectivity index is 1.70. The molecule has 1 aliphatic heterocycles. The molecule has 136 valence electrons. The normalized spacial score (nSPS) is 15.1. The second-order valence-corrected chi connectivity index (χ2v) is 6.55. The van der Waals surface area contributed by atoms with Crippen LogP contribution >= 0.6 is 11.6 Å². The zero-order valence-corrected chi connectivity index (χ0v) is 14.5. The monoisotopic (exact) mass is 379 g/mol. The van der Waals surface area contributed by atoms with E-state index >= 15 is 0 Å². The molecule has 0 spiro atoms. The highest BCUT2D eigenvalue weighted by atomic mass is 35.5.